The van der Waals surface area contributed by atoms with Crippen molar-refractivity contribution in [1.29, 1.82) is 0 Å². The zero-order chi connectivity index (χ0) is 10.8. The summed E-state index contributed by atoms with van der Waals surface area (Å²) in [6.45, 7) is 3.43. The molecule has 0 unspecified atom stereocenters. The first-order valence-corrected chi connectivity index (χ1v) is 6.65. The minimum Gasteiger partial charge on any atom is -0.316 e. The summed E-state index contributed by atoms with van der Waals surface area (Å²) in [6.07, 6.45) is 11.4. The zero-order valence-electron chi connectivity index (χ0n) is 9.86. The normalized spacial score (nSPS) is 23.2. The molecule has 3 heteroatoms. The maximum Gasteiger partial charge on any atom is 0.0524 e. The van der Waals surface area contributed by atoms with Crippen molar-refractivity contribution < 1.29 is 0 Å². The first kappa shape index (κ1) is 10.3. The summed E-state index contributed by atoms with van der Waals surface area (Å²) >= 11 is 0. The lowest BCUT2D eigenvalue weighted by molar-refractivity contribution is 0.295. The van der Waals surface area contributed by atoms with Gasteiger partial charge >= 0.3 is 0 Å². The summed E-state index contributed by atoms with van der Waals surface area (Å²) in [6, 6.07) is 0. The highest BCUT2D eigenvalue weighted by atomic mass is 15.3. The van der Waals surface area contributed by atoms with Crippen molar-refractivity contribution in [3.63, 3.8) is 0 Å². The third-order valence-corrected chi connectivity index (χ3v) is 4.04. The Labute approximate surface area is 97.2 Å². The molecular weight excluding hydrogens is 198 g/mol. The molecule has 1 saturated carbocycles. The number of aromatic nitrogens is 2. The number of hydrogen-bond acceptors (Lipinski definition) is 2. The Kier molecular flexibility index (Phi) is 2.96. The van der Waals surface area contributed by atoms with Gasteiger partial charge in [-0.3, -0.25) is 4.68 Å². The predicted octanol–water partition coefficient (Wildman–Crippen LogP) is 2.15. The van der Waals surface area contributed by atoms with E-state index in [1.54, 1.807) is 0 Å². The fourth-order valence-corrected chi connectivity index (χ4v) is 2.87. The smallest absolute Gasteiger partial charge is 0.0524 e. The lowest BCUT2D eigenvalue weighted by Crippen LogP contribution is -2.44. The van der Waals surface area contributed by atoms with Gasteiger partial charge in [-0.1, -0.05) is 19.3 Å². The van der Waals surface area contributed by atoms with Crippen molar-refractivity contribution in [2.24, 2.45) is 5.92 Å². The monoisotopic (exact) mass is 219 g/mol. The summed E-state index contributed by atoms with van der Waals surface area (Å²) in [5.41, 5.74) is 1.48. The van der Waals surface area contributed by atoms with Crippen LogP contribution in [-0.4, -0.2) is 22.9 Å². The Morgan fingerprint density at radius 3 is 2.75 bits per heavy atom. The molecule has 1 aromatic rings. The van der Waals surface area contributed by atoms with Crippen LogP contribution in [0.2, 0.25) is 0 Å². The topological polar surface area (TPSA) is 29.9 Å². The number of rotatable bonds is 3. The molecule has 1 aliphatic carbocycles. The first-order valence-electron chi connectivity index (χ1n) is 6.65. The fourth-order valence-electron chi connectivity index (χ4n) is 2.87. The summed E-state index contributed by atoms with van der Waals surface area (Å²) < 4.78 is 2.15. The maximum atomic E-state index is 4.50. The van der Waals surface area contributed by atoms with E-state index in [1.165, 1.54) is 50.8 Å². The average molecular weight is 219 g/mol. The second kappa shape index (κ2) is 4.58. The van der Waals surface area contributed by atoms with Gasteiger partial charge in [-0.2, -0.15) is 5.10 Å². The molecule has 0 bridgehead atoms. The molecule has 3 nitrogen and oxygen atoms in total. The molecule has 2 heterocycles. The summed E-state index contributed by atoms with van der Waals surface area (Å²) in [5, 5.41) is 7.81. The van der Waals surface area contributed by atoms with Crippen LogP contribution in [0.15, 0.2) is 12.4 Å². The van der Waals surface area contributed by atoms with Crippen molar-refractivity contribution in [3.8, 4) is 0 Å². The van der Waals surface area contributed by atoms with E-state index in [9.17, 15) is 0 Å². The molecule has 1 aromatic heterocycles. The summed E-state index contributed by atoms with van der Waals surface area (Å²) in [4.78, 5) is 0. The van der Waals surface area contributed by atoms with E-state index in [2.05, 4.69) is 27.5 Å². The summed E-state index contributed by atoms with van der Waals surface area (Å²) in [7, 11) is 0. The Balaban J connectivity index is 1.61. The molecule has 1 N–H and O–H groups in total. The van der Waals surface area contributed by atoms with E-state index in [-0.39, 0.29) is 0 Å². The molecule has 0 spiro atoms. The molecule has 88 valence electrons. The quantitative estimate of drug-likeness (QED) is 0.844. The van der Waals surface area contributed by atoms with Gasteiger partial charge in [-0.15, -0.1) is 0 Å². The van der Waals surface area contributed by atoms with Gasteiger partial charge in [0.15, 0.2) is 0 Å². The van der Waals surface area contributed by atoms with Gasteiger partial charge in [0.2, 0.25) is 0 Å². The lowest BCUT2D eigenvalue weighted by Gasteiger charge is -2.26. The van der Waals surface area contributed by atoms with Gasteiger partial charge in [-0.05, 0) is 24.3 Å². The average Bonchev–Trinajstić information content (AvgIpc) is 2.73. The SMILES string of the molecule is c1nn(CC2CNC2)cc1C1CCCCC1. The van der Waals surface area contributed by atoms with Crippen LogP contribution in [0, 0.1) is 5.92 Å². The van der Waals surface area contributed by atoms with E-state index in [4.69, 9.17) is 0 Å². The van der Waals surface area contributed by atoms with Crippen LogP contribution in [-0.2, 0) is 6.54 Å². The second-order valence-electron chi connectivity index (χ2n) is 5.35. The van der Waals surface area contributed by atoms with E-state index in [0.717, 1.165) is 18.4 Å². The van der Waals surface area contributed by atoms with Crippen LogP contribution in [0.1, 0.15) is 43.6 Å². The molecule has 0 aromatic carbocycles. The van der Waals surface area contributed by atoms with E-state index in [0.29, 0.717) is 0 Å². The molecule has 1 saturated heterocycles. The Hall–Kier alpha value is -0.830. The van der Waals surface area contributed by atoms with Crippen LogP contribution in [0.4, 0.5) is 0 Å². The maximum absolute atomic E-state index is 4.50. The molecule has 16 heavy (non-hydrogen) atoms. The van der Waals surface area contributed by atoms with Gasteiger partial charge in [0, 0.05) is 31.7 Å². The van der Waals surface area contributed by atoms with E-state index >= 15 is 0 Å². The van der Waals surface area contributed by atoms with Gasteiger partial charge in [-0.25, -0.2) is 0 Å². The number of nitrogens with zero attached hydrogens (tertiary/aromatic N) is 2. The van der Waals surface area contributed by atoms with Crippen molar-refractivity contribution in [2.45, 2.75) is 44.6 Å². The van der Waals surface area contributed by atoms with Gasteiger partial charge in [0.1, 0.15) is 0 Å². The first-order chi connectivity index (χ1) is 7.92. The Morgan fingerprint density at radius 2 is 2.06 bits per heavy atom. The molecule has 0 atom stereocenters. The Bertz CT molecular complexity index is 335. The molecule has 3 rings (SSSR count). The zero-order valence-corrected chi connectivity index (χ0v) is 9.86. The highest BCUT2D eigenvalue weighted by Gasteiger charge is 2.20. The lowest BCUT2D eigenvalue weighted by atomic mass is 9.85. The predicted molar refractivity (Wildman–Crippen MR) is 64.4 cm³/mol. The standard InChI is InChI=1S/C13H21N3/c1-2-4-12(5-3-1)13-8-15-16(10-13)9-11-6-14-7-11/h8,10-12,14H,1-7,9H2. The molecular formula is C13H21N3. The minimum atomic E-state index is 0.794. The van der Waals surface area contributed by atoms with E-state index in [1.807, 2.05) is 0 Å². The molecule has 0 radical (unpaired) electrons. The molecule has 0 amide bonds. The van der Waals surface area contributed by atoms with Gasteiger partial charge in [0.25, 0.3) is 0 Å². The number of hydrogen-bond donors (Lipinski definition) is 1. The van der Waals surface area contributed by atoms with Gasteiger partial charge in [0.05, 0.1) is 6.20 Å². The van der Waals surface area contributed by atoms with Crippen LogP contribution in [0.5, 0.6) is 0 Å². The Morgan fingerprint density at radius 1 is 1.25 bits per heavy atom. The highest BCUT2D eigenvalue weighted by Crippen LogP contribution is 2.32. The van der Waals surface area contributed by atoms with Crippen LogP contribution in [0.25, 0.3) is 0 Å². The fraction of sp³-hybridized carbons (Fsp3) is 0.769. The largest absolute Gasteiger partial charge is 0.316 e. The second-order valence-corrected chi connectivity index (χ2v) is 5.35. The summed E-state index contributed by atoms with van der Waals surface area (Å²) in [5.74, 6) is 1.60. The number of nitrogens with one attached hydrogen (secondary N) is 1. The molecule has 1 aliphatic heterocycles. The van der Waals surface area contributed by atoms with Crippen molar-refractivity contribution >= 4 is 0 Å². The third kappa shape index (κ3) is 2.14. The van der Waals surface area contributed by atoms with Crippen molar-refractivity contribution in [1.82, 2.24) is 15.1 Å². The van der Waals surface area contributed by atoms with E-state index < -0.39 is 0 Å². The van der Waals surface area contributed by atoms with Crippen LogP contribution in [0.3, 0.4) is 0 Å². The highest BCUT2D eigenvalue weighted by molar-refractivity contribution is 5.12. The van der Waals surface area contributed by atoms with Gasteiger partial charge < -0.3 is 5.32 Å². The van der Waals surface area contributed by atoms with Crippen LogP contribution < -0.4 is 5.32 Å². The van der Waals surface area contributed by atoms with Crippen molar-refractivity contribution in [3.05, 3.63) is 18.0 Å². The van der Waals surface area contributed by atoms with Crippen molar-refractivity contribution in [2.75, 3.05) is 13.1 Å². The van der Waals surface area contributed by atoms with Crippen LogP contribution >= 0.6 is 0 Å². The minimum absolute atomic E-state index is 0.794. The molecule has 2 fully saturated rings. The third-order valence-electron chi connectivity index (χ3n) is 4.04. The molecule has 2 aliphatic rings.